The molecule has 0 aromatic heterocycles. The zero-order chi connectivity index (χ0) is 14.7. The highest BCUT2D eigenvalue weighted by Gasteiger charge is 2.12. The SMILES string of the molecule is C[C@@H](O)c1ccc(Oc2ccccc2C(N)=O)c(Br)c1. The first-order valence-corrected chi connectivity index (χ1v) is 6.82. The molecule has 2 aromatic carbocycles. The normalized spacial score (nSPS) is 11.9. The Morgan fingerprint density at radius 3 is 2.55 bits per heavy atom. The van der Waals surface area contributed by atoms with Crippen molar-refractivity contribution in [1.29, 1.82) is 0 Å². The summed E-state index contributed by atoms with van der Waals surface area (Å²) in [6.45, 7) is 1.69. The van der Waals surface area contributed by atoms with Crippen molar-refractivity contribution >= 4 is 21.8 Å². The Labute approximate surface area is 125 Å². The molecule has 1 atom stereocenters. The van der Waals surface area contributed by atoms with Gasteiger partial charge in [-0.2, -0.15) is 0 Å². The highest BCUT2D eigenvalue weighted by Crippen LogP contribution is 2.33. The van der Waals surface area contributed by atoms with Gasteiger partial charge in [0, 0.05) is 0 Å². The van der Waals surface area contributed by atoms with Gasteiger partial charge in [0.1, 0.15) is 11.5 Å². The van der Waals surface area contributed by atoms with E-state index in [1.165, 1.54) is 0 Å². The minimum Gasteiger partial charge on any atom is -0.455 e. The maximum absolute atomic E-state index is 11.3. The fraction of sp³-hybridized carbons (Fsp3) is 0.133. The number of primary amides is 1. The van der Waals surface area contributed by atoms with Gasteiger partial charge in [0.2, 0.25) is 0 Å². The largest absolute Gasteiger partial charge is 0.455 e. The fourth-order valence-corrected chi connectivity index (χ4v) is 2.21. The van der Waals surface area contributed by atoms with Crippen LogP contribution < -0.4 is 10.5 Å². The van der Waals surface area contributed by atoms with Gasteiger partial charge in [-0.3, -0.25) is 4.79 Å². The zero-order valence-electron chi connectivity index (χ0n) is 10.8. The molecule has 104 valence electrons. The number of hydrogen-bond acceptors (Lipinski definition) is 3. The number of benzene rings is 2. The molecule has 0 heterocycles. The van der Waals surface area contributed by atoms with Crippen molar-refractivity contribution in [2.75, 3.05) is 0 Å². The van der Waals surface area contributed by atoms with Crippen LogP contribution in [0.15, 0.2) is 46.9 Å². The summed E-state index contributed by atoms with van der Waals surface area (Å²) in [6, 6.07) is 12.0. The van der Waals surface area contributed by atoms with Gasteiger partial charge in [0.05, 0.1) is 16.1 Å². The van der Waals surface area contributed by atoms with Crippen LogP contribution in [-0.4, -0.2) is 11.0 Å². The standard InChI is InChI=1S/C15H14BrNO3/c1-9(18)10-6-7-14(12(16)8-10)20-13-5-3-2-4-11(13)15(17)19/h2-9,18H,1H3,(H2,17,19)/t9-/m1/s1. The molecular formula is C15H14BrNO3. The minimum absolute atomic E-state index is 0.319. The van der Waals surface area contributed by atoms with Gasteiger partial charge in [-0.1, -0.05) is 18.2 Å². The third-order valence-electron chi connectivity index (χ3n) is 2.81. The highest BCUT2D eigenvalue weighted by molar-refractivity contribution is 9.10. The molecule has 2 rings (SSSR count). The van der Waals surface area contributed by atoms with Gasteiger partial charge in [-0.05, 0) is 52.7 Å². The maximum Gasteiger partial charge on any atom is 0.252 e. The van der Waals surface area contributed by atoms with Crippen molar-refractivity contribution in [2.24, 2.45) is 5.73 Å². The van der Waals surface area contributed by atoms with Gasteiger partial charge in [0.25, 0.3) is 5.91 Å². The van der Waals surface area contributed by atoms with Crippen molar-refractivity contribution in [3.8, 4) is 11.5 Å². The lowest BCUT2D eigenvalue weighted by Crippen LogP contribution is -2.12. The predicted octanol–water partition coefficient (Wildman–Crippen LogP) is 3.39. The second-order valence-electron chi connectivity index (χ2n) is 4.33. The number of carbonyl (C=O) groups excluding carboxylic acids is 1. The third kappa shape index (κ3) is 3.18. The van der Waals surface area contributed by atoms with Gasteiger partial charge in [0.15, 0.2) is 0 Å². The predicted molar refractivity (Wildman–Crippen MR) is 79.8 cm³/mol. The molecule has 0 saturated heterocycles. The molecule has 0 aliphatic heterocycles. The van der Waals surface area contributed by atoms with Crippen LogP contribution in [-0.2, 0) is 0 Å². The van der Waals surface area contributed by atoms with Crippen LogP contribution in [0.5, 0.6) is 11.5 Å². The molecular weight excluding hydrogens is 322 g/mol. The summed E-state index contributed by atoms with van der Waals surface area (Å²) in [5.74, 6) is 0.394. The summed E-state index contributed by atoms with van der Waals surface area (Å²) in [5, 5.41) is 9.52. The number of aliphatic hydroxyl groups excluding tert-OH is 1. The van der Waals surface area contributed by atoms with Crippen molar-refractivity contribution in [3.63, 3.8) is 0 Å². The number of aliphatic hydroxyl groups is 1. The average Bonchev–Trinajstić information content (AvgIpc) is 2.41. The lowest BCUT2D eigenvalue weighted by Gasteiger charge is -2.12. The number of rotatable bonds is 4. The molecule has 5 heteroatoms. The van der Waals surface area contributed by atoms with E-state index in [-0.39, 0.29) is 0 Å². The number of nitrogens with two attached hydrogens (primary N) is 1. The van der Waals surface area contributed by atoms with E-state index < -0.39 is 12.0 Å². The van der Waals surface area contributed by atoms with Crippen LogP contribution in [0.2, 0.25) is 0 Å². The Kier molecular flexibility index (Phi) is 4.42. The molecule has 0 aliphatic carbocycles. The van der Waals surface area contributed by atoms with Gasteiger partial charge >= 0.3 is 0 Å². The van der Waals surface area contributed by atoms with Crippen LogP contribution in [0, 0.1) is 0 Å². The summed E-state index contributed by atoms with van der Waals surface area (Å²) in [7, 11) is 0. The van der Waals surface area contributed by atoms with Crippen molar-refractivity contribution < 1.29 is 14.6 Å². The fourth-order valence-electron chi connectivity index (χ4n) is 1.74. The number of ether oxygens (including phenoxy) is 1. The lowest BCUT2D eigenvalue weighted by molar-refractivity contribution is 0.0998. The molecule has 0 saturated carbocycles. The van der Waals surface area contributed by atoms with Crippen LogP contribution >= 0.6 is 15.9 Å². The molecule has 0 bridgehead atoms. The first-order valence-electron chi connectivity index (χ1n) is 6.03. The summed E-state index contributed by atoms with van der Waals surface area (Å²) >= 11 is 3.38. The molecule has 2 aromatic rings. The number of para-hydroxylation sites is 1. The van der Waals surface area contributed by atoms with E-state index >= 15 is 0 Å². The van der Waals surface area contributed by atoms with E-state index in [4.69, 9.17) is 10.5 Å². The monoisotopic (exact) mass is 335 g/mol. The second-order valence-corrected chi connectivity index (χ2v) is 5.18. The Hall–Kier alpha value is -1.85. The van der Waals surface area contributed by atoms with Crippen LogP contribution in [0.25, 0.3) is 0 Å². The number of carbonyl (C=O) groups is 1. The molecule has 0 unspecified atom stereocenters. The topological polar surface area (TPSA) is 72.6 Å². The molecule has 0 spiro atoms. The molecule has 4 nitrogen and oxygen atoms in total. The number of halogens is 1. The highest BCUT2D eigenvalue weighted by atomic mass is 79.9. The van der Waals surface area contributed by atoms with E-state index in [2.05, 4.69) is 15.9 Å². The lowest BCUT2D eigenvalue weighted by atomic mass is 10.1. The Balaban J connectivity index is 2.33. The first kappa shape index (κ1) is 14.6. The molecule has 0 fully saturated rings. The summed E-state index contributed by atoms with van der Waals surface area (Å²) in [5.41, 5.74) is 6.40. The molecule has 0 radical (unpaired) electrons. The van der Waals surface area contributed by atoms with Crippen molar-refractivity contribution in [3.05, 3.63) is 58.1 Å². The molecule has 1 amide bonds. The minimum atomic E-state index is -0.557. The van der Waals surface area contributed by atoms with Crippen LogP contribution in [0.4, 0.5) is 0 Å². The summed E-state index contributed by atoms with van der Waals surface area (Å²) < 4.78 is 6.40. The Morgan fingerprint density at radius 1 is 1.25 bits per heavy atom. The molecule has 20 heavy (non-hydrogen) atoms. The van der Waals surface area contributed by atoms with Crippen LogP contribution in [0.3, 0.4) is 0 Å². The van der Waals surface area contributed by atoms with Gasteiger partial charge in [-0.25, -0.2) is 0 Å². The van der Waals surface area contributed by atoms with Crippen molar-refractivity contribution in [1.82, 2.24) is 0 Å². The van der Waals surface area contributed by atoms with E-state index in [1.54, 1.807) is 49.4 Å². The van der Waals surface area contributed by atoms with Crippen LogP contribution in [0.1, 0.15) is 28.9 Å². The smallest absolute Gasteiger partial charge is 0.252 e. The molecule has 3 N–H and O–H groups in total. The van der Waals surface area contributed by atoms with Gasteiger partial charge < -0.3 is 15.6 Å². The number of hydrogen-bond donors (Lipinski definition) is 2. The quantitative estimate of drug-likeness (QED) is 0.899. The first-order chi connectivity index (χ1) is 9.49. The van der Waals surface area contributed by atoms with Crippen molar-refractivity contribution in [2.45, 2.75) is 13.0 Å². The third-order valence-corrected chi connectivity index (χ3v) is 3.43. The average molecular weight is 336 g/mol. The maximum atomic E-state index is 11.3. The van der Waals surface area contributed by atoms with E-state index in [0.29, 0.717) is 21.5 Å². The summed E-state index contributed by atoms with van der Waals surface area (Å²) in [4.78, 5) is 11.3. The van der Waals surface area contributed by atoms with E-state index in [9.17, 15) is 9.90 Å². The Morgan fingerprint density at radius 2 is 1.95 bits per heavy atom. The van der Waals surface area contributed by atoms with Gasteiger partial charge in [-0.15, -0.1) is 0 Å². The molecule has 0 aliphatic rings. The van der Waals surface area contributed by atoms with E-state index in [1.807, 2.05) is 0 Å². The Bertz CT molecular complexity index is 641. The zero-order valence-corrected chi connectivity index (χ0v) is 12.4. The second kappa shape index (κ2) is 6.07. The summed E-state index contributed by atoms with van der Waals surface area (Å²) in [6.07, 6.45) is -0.557. The van der Waals surface area contributed by atoms with E-state index in [0.717, 1.165) is 5.56 Å². The number of amides is 1.